The van der Waals surface area contributed by atoms with Crippen molar-refractivity contribution in [3.8, 4) is 0 Å². The summed E-state index contributed by atoms with van der Waals surface area (Å²) in [5, 5.41) is 0. The monoisotopic (exact) mass is 208 g/mol. The molecule has 0 heterocycles. The van der Waals surface area contributed by atoms with Gasteiger partial charge >= 0.3 is 0 Å². The fourth-order valence-electron chi connectivity index (χ4n) is 2.34. The largest absolute Gasteiger partial charge is 0.295 e. The molecule has 0 aliphatic heterocycles. The van der Waals surface area contributed by atoms with Crippen LogP contribution in [-0.2, 0) is 4.79 Å². The lowest BCUT2D eigenvalue weighted by molar-refractivity contribution is -0.116. The first kappa shape index (κ1) is 12.5. The van der Waals surface area contributed by atoms with E-state index in [0.717, 1.165) is 31.3 Å². The van der Waals surface area contributed by atoms with Gasteiger partial charge in [0.2, 0.25) is 0 Å². The fraction of sp³-hybridized carbons (Fsp3) is 0.786. The van der Waals surface area contributed by atoms with Gasteiger partial charge in [-0.1, -0.05) is 33.3 Å². The van der Waals surface area contributed by atoms with E-state index in [2.05, 4.69) is 26.8 Å². The topological polar surface area (TPSA) is 17.1 Å². The minimum Gasteiger partial charge on any atom is -0.295 e. The van der Waals surface area contributed by atoms with Crippen molar-refractivity contribution in [2.24, 2.45) is 5.41 Å². The number of hydrogen-bond donors (Lipinski definition) is 0. The van der Waals surface area contributed by atoms with E-state index in [-0.39, 0.29) is 0 Å². The summed E-state index contributed by atoms with van der Waals surface area (Å²) in [7, 11) is 0. The molecule has 0 aromatic rings. The van der Waals surface area contributed by atoms with E-state index in [4.69, 9.17) is 0 Å². The van der Waals surface area contributed by atoms with Crippen LogP contribution in [0.3, 0.4) is 0 Å². The highest BCUT2D eigenvalue weighted by Crippen LogP contribution is 2.29. The first-order valence-corrected chi connectivity index (χ1v) is 6.27. The van der Waals surface area contributed by atoms with Crippen LogP contribution in [0.25, 0.3) is 0 Å². The van der Waals surface area contributed by atoms with Crippen LogP contribution >= 0.6 is 0 Å². The Morgan fingerprint density at radius 1 is 1.40 bits per heavy atom. The van der Waals surface area contributed by atoms with Crippen LogP contribution in [0.5, 0.6) is 0 Å². The molecule has 1 heteroatoms. The van der Waals surface area contributed by atoms with Crippen molar-refractivity contribution in [1.29, 1.82) is 0 Å². The summed E-state index contributed by atoms with van der Waals surface area (Å²) >= 11 is 0. The molecule has 0 aromatic carbocycles. The van der Waals surface area contributed by atoms with Gasteiger partial charge in [-0.15, -0.1) is 0 Å². The molecule has 86 valence electrons. The van der Waals surface area contributed by atoms with E-state index in [9.17, 15) is 4.79 Å². The van der Waals surface area contributed by atoms with Crippen LogP contribution in [0.2, 0.25) is 0 Å². The number of Topliss-reactive ketones (excluding diaryl/α,β-unsaturated/α-hetero) is 1. The lowest BCUT2D eigenvalue weighted by atomic mass is 9.82. The van der Waals surface area contributed by atoms with Crippen molar-refractivity contribution in [2.75, 3.05) is 0 Å². The van der Waals surface area contributed by atoms with Crippen LogP contribution in [-0.4, -0.2) is 5.78 Å². The average molecular weight is 208 g/mol. The van der Waals surface area contributed by atoms with E-state index >= 15 is 0 Å². The van der Waals surface area contributed by atoms with E-state index in [1.807, 2.05) is 0 Å². The molecule has 1 aliphatic rings. The van der Waals surface area contributed by atoms with Crippen molar-refractivity contribution < 1.29 is 4.79 Å². The number of ketones is 1. The van der Waals surface area contributed by atoms with Gasteiger partial charge in [0.25, 0.3) is 0 Å². The van der Waals surface area contributed by atoms with Gasteiger partial charge in [-0.2, -0.15) is 0 Å². The molecule has 0 saturated heterocycles. The molecule has 0 aromatic heterocycles. The second kappa shape index (κ2) is 5.48. The predicted octanol–water partition coefficient (Wildman–Crippen LogP) is 4.27. The van der Waals surface area contributed by atoms with Gasteiger partial charge in [0.05, 0.1) is 0 Å². The first-order chi connectivity index (χ1) is 7.05. The summed E-state index contributed by atoms with van der Waals surface area (Å²) in [5.41, 5.74) is 1.44. The van der Waals surface area contributed by atoms with Crippen LogP contribution in [0, 0.1) is 5.41 Å². The molecule has 1 aliphatic carbocycles. The van der Waals surface area contributed by atoms with Crippen LogP contribution < -0.4 is 0 Å². The Labute approximate surface area is 93.9 Å². The molecular formula is C14H24O. The third kappa shape index (κ3) is 4.19. The van der Waals surface area contributed by atoms with Gasteiger partial charge in [-0.25, -0.2) is 0 Å². The molecule has 0 unspecified atom stereocenters. The molecule has 1 nitrogen and oxygen atoms in total. The van der Waals surface area contributed by atoms with Gasteiger partial charge in [-0.3, -0.25) is 4.79 Å². The number of rotatable bonds is 6. The molecule has 0 bridgehead atoms. The van der Waals surface area contributed by atoms with E-state index in [0.29, 0.717) is 11.2 Å². The highest BCUT2D eigenvalue weighted by molar-refractivity contribution is 5.95. The highest BCUT2D eigenvalue weighted by atomic mass is 16.1. The van der Waals surface area contributed by atoms with Crippen molar-refractivity contribution in [3.05, 3.63) is 11.6 Å². The first-order valence-electron chi connectivity index (χ1n) is 6.27. The number of carbonyl (C=O) groups is 1. The Bertz CT molecular complexity index is 248. The second-order valence-electron chi connectivity index (χ2n) is 5.46. The second-order valence-corrected chi connectivity index (χ2v) is 5.46. The third-order valence-corrected chi connectivity index (χ3v) is 3.35. The number of carbonyl (C=O) groups excluding carboxylic acids is 1. The maximum atomic E-state index is 11.8. The van der Waals surface area contributed by atoms with E-state index in [1.165, 1.54) is 19.3 Å². The fourth-order valence-corrected chi connectivity index (χ4v) is 2.34. The Morgan fingerprint density at radius 2 is 2.13 bits per heavy atom. The van der Waals surface area contributed by atoms with Crippen LogP contribution in [0.1, 0.15) is 65.7 Å². The van der Waals surface area contributed by atoms with Crippen molar-refractivity contribution in [2.45, 2.75) is 65.7 Å². The highest BCUT2D eigenvalue weighted by Gasteiger charge is 2.20. The van der Waals surface area contributed by atoms with Crippen molar-refractivity contribution in [3.63, 3.8) is 0 Å². The summed E-state index contributed by atoms with van der Waals surface area (Å²) in [5.74, 6) is 0.400. The summed E-state index contributed by atoms with van der Waals surface area (Å²) in [6.45, 7) is 6.75. The quantitative estimate of drug-likeness (QED) is 0.637. The SMILES string of the molecule is CCCC(C)(C)CCC(=O)C1=CCCC1. The Balaban J connectivity index is 2.33. The molecule has 0 atom stereocenters. The summed E-state index contributed by atoms with van der Waals surface area (Å²) < 4.78 is 0. The van der Waals surface area contributed by atoms with Gasteiger partial charge < -0.3 is 0 Å². The van der Waals surface area contributed by atoms with Gasteiger partial charge in [0.15, 0.2) is 5.78 Å². The molecule has 15 heavy (non-hydrogen) atoms. The minimum absolute atomic E-state index is 0.337. The molecular weight excluding hydrogens is 184 g/mol. The Hall–Kier alpha value is -0.590. The lowest BCUT2D eigenvalue weighted by Gasteiger charge is -2.23. The normalized spacial score (nSPS) is 16.6. The summed E-state index contributed by atoms with van der Waals surface area (Å²) in [4.78, 5) is 11.8. The number of allylic oxidation sites excluding steroid dienone is 2. The molecule has 0 fully saturated rings. The molecule has 1 rings (SSSR count). The maximum Gasteiger partial charge on any atom is 0.158 e. The Kier molecular flexibility index (Phi) is 4.56. The van der Waals surface area contributed by atoms with Crippen molar-refractivity contribution in [1.82, 2.24) is 0 Å². The maximum absolute atomic E-state index is 11.8. The van der Waals surface area contributed by atoms with E-state index < -0.39 is 0 Å². The van der Waals surface area contributed by atoms with Crippen LogP contribution in [0.15, 0.2) is 11.6 Å². The average Bonchev–Trinajstić information content (AvgIpc) is 2.67. The summed E-state index contributed by atoms with van der Waals surface area (Å²) in [6.07, 6.45) is 9.67. The molecule has 0 N–H and O–H groups in total. The molecule has 0 radical (unpaired) electrons. The predicted molar refractivity (Wildman–Crippen MR) is 64.9 cm³/mol. The zero-order valence-electron chi connectivity index (χ0n) is 10.4. The molecule has 0 saturated carbocycles. The van der Waals surface area contributed by atoms with Gasteiger partial charge in [-0.05, 0) is 43.1 Å². The summed E-state index contributed by atoms with van der Waals surface area (Å²) in [6, 6.07) is 0. The zero-order chi connectivity index (χ0) is 11.3. The molecule has 0 spiro atoms. The Morgan fingerprint density at radius 3 is 2.67 bits per heavy atom. The smallest absolute Gasteiger partial charge is 0.158 e. The number of hydrogen-bond acceptors (Lipinski definition) is 1. The minimum atomic E-state index is 0.337. The van der Waals surface area contributed by atoms with Gasteiger partial charge in [0.1, 0.15) is 0 Å². The zero-order valence-corrected chi connectivity index (χ0v) is 10.4. The van der Waals surface area contributed by atoms with Gasteiger partial charge in [0, 0.05) is 6.42 Å². The van der Waals surface area contributed by atoms with Crippen molar-refractivity contribution >= 4 is 5.78 Å². The standard InChI is InChI=1S/C14H24O/c1-4-10-14(2,3)11-9-13(15)12-7-5-6-8-12/h7H,4-6,8-11H2,1-3H3. The molecule has 0 amide bonds. The third-order valence-electron chi connectivity index (χ3n) is 3.35. The van der Waals surface area contributed by atoms with Crippen LogP contribution in [0.4, 0.5) is 0 Å². The lowest BCUT2D eigenvalue weighted by Crippen LogP contribution is -2.13. The van der Waals surface area contributed by atoms with E-state index in [1.54, 1.807) is 0 Å².